The van der Waals surface area contributed by atoms with Crippen LogP contribution >= 0.6 is 0 Å². The second-order valence-electron chi connectivity index (χ2n) is 5.21. The van der Waals surface area contributed by atoms with E-state index in [4.69, 9.17) is 0 Å². The SMILES string of the molecule is CC(=O)Nc1cccc(NC(=O)C(C)N2CCNCC2)c1. The summed E-state index contributed by atoms with van der Waals surface area (Å²) in [5.41, 5.74) is 1.36. The van der Waals surface area contributed by atoms with Crippen LogP contribution < -0.4 is 16.0 Å². The molecule has 0 spiro atoms. The largest absolute Gasteiger partial charge is 0.326 e. The molecule has 1 aromatic rings. The van der Waals surface area contributed by atoms with E-state index in [1.54, 1.807) is 18.2 Å². The molecule has 0 bridgehead atoms. The smallest absolute Gasteiger partial charge is 0.241 e. The molecule has 2 amide bonds. The van der Waals surface area contributed by atoms with E-state index >= 15 is 0 Å². The van der Waals surface area contributed by atoms with Crippen molar-refractivity contribution in [3.63, 3.8) is 0 Å². The molecule has 1 aliphatic heterocycles. The van der Waals surface area contributed by atoms with Gasteiger partial charge in [0, 0.05) is 44.5 Å². The van der Waals surface area contributed by atoms with Gasteiger partial charge < -0.3 is 16.0 Å². The Labute approximate surface area is 124 Å². The summed E-state index contributed by atoms with van der Waals surface area (Å²) in [4.78, 5) is 25.5. The van der Waals surface area contributed by atoms with Crippen LogP contribution in [-0.2, 0) is 9.59 Å². The van der Waals surface area contributed by atoms with Gasteiger partial charge in [0.05, 0.1) is 6.04 Å². The Morgan fingerprint density at radius 1 is 1.19 bits per heavy atom. The van der Waals surface area contributed by atoms with Crippen molar-refractivity contribution < 1.29 is 9.59 Å². The molecule has 0 saturated carbocycles. The van der Waals surface area contributed by atoms with Gasteiger partial charge in [-0.05, 0) is 25.1 Å². The van der Waals surface area contributed by atoms with Gasteiger partial charge in [-0.15, -0.1) is 0 Å². The van der Waals surface area contributed by atoms with Crippen molar-refractivity contribution in [2.45, 2.75) is 19.9 Å². The van der Waals surface area contributed by atoms with E-state index in [1.165, 1.54) is 6.92 Å². The van der Waals surface area contributed by atoms with Gasteiger partial charge in [0.15, 0.2) is 0 Å². The molecule has 1 aliphatic rings. The number of carbonyl (C=O) groups is 2. The molecule has 2 rings (SSSR count). The standard InChI is InChI=1S/C15H22N4O2/c1-11(19-8-6-16-7-9-19)15(21)18-14-5-3-4-13(10-14)17-12(2)20/h3-5,10-11,16H,6-9H2,1-2H3,(H,17,20)(H,18,21). The summed E-state index contributed by atoms with van der Waals surface area (Å²) in [7, 11) is 0. The molecule has 3 N–H and O–H groups in total. The fourth-order valence-electron chi connectivity index (χ4n) is 2.36. The van der Waals surface area contributed by atoms with Gasteiger partial charge in [-0.1, -0.05) is 6.07 Å². The molecule has 1 aromatic carbocycles. The lowest BCUT2D eigenvalue weighted by Gasteiger charge is -2.31. The van der Waals surface area contributed by atoms with Crippen molar-refractivity contribution in [1.29, 1.82) is 0 Å². The average molecular weight is 290 g/mol. The van der Waals surface area contributed by atoms with Gasteiger partial charge in [-0.3, -0.25) is 14.5 Å². The minimum absolute atomic E-state index is 0.0307. The summed E-state index contributed by atoms with van der Waals surface area (Å²) in [6.07, 6.45) is 0. The number of anilines is 2. The minimum atomic E-state index is -0.170. The van der Waals surface area contributed by atoms with E-state index in [2.05, 4.69) is 20.9 Å². The topological polar surface area (TPSA) is 73.5 Å². The molecule has 21 heavy (non-hydrogen) atoms. The van der Waals surface area contributed by atoms with E-state index in [0.29, 0.717) is 11.4 Å². The molecule has 114 valence electrons. The molecular formula is C15H22N4O2. The first-order chi connectivity index (χ1) is 10.1. The van der Waals surface area contributed by atoms with Gasteiger partial charge in [0.1, 0.15) is 0 Å². The van der Waals surface area contributed by atoms with E-state index in [0.717, 1.165) is 26.2 Å². The van der Waals surface area contributed by atoms with Crippen LogP contribution in [0, 0.1) is 0 Å². The van der Waals surface area contributed by atoms with Crippen LogP contribution in [0.25, 0.3) is 0 Å². The first-order valence-corrected chi connectivity index (χ1v) is 7.19. The van der Waals surface area contributed by atoms with Gasteiger partial charge in [-0.25, -0.2) is 0 Å². The Kier molecular flexibility index (Phi) is 5.30. The maximum absolute atomic E-state index is 12.3. The second kappa shape index (κ2) is 7.19. The number of hydrogen-bond acceptors (Lipinski definition) is 4. The normalized spacial score (nSPS) is 17.0. The Hall–Kier alpha value is -1.92. The van der Waals surface area contributed by atoms with Gasteiger partial charge in [0.25, 0.3) is 0 Å². The van der Waals surface area contributed by atoms with E-state index in [9.17, 15) is 9.59 Å². The minimum Gasteiger partial charge on any atom is -0.326 e. The van der Waals surface area contributed by atoms with Gasteiger partial charge in [0.2, 0.25) is 11.8 Å². The second-order valence-corrected chi connectivity index (χ2v) is 5.21. The van der Waals surface area contributed by atoms with Crippen LogP contribution in [-0.4, -0.2) is 48.9 Å². The highest BCUT2D eigenvalue weighted by Gasteiger charge is 2.22. The van der Waals surface area contributed by atoms with E-state index in [1.807, 2.05) is 13.0 Å². The predicted molar refractivity (Wildman–Crippen MR) is 83.3 cm³/mol. The number of rotatable bonds is 4. The summed E-state index contributed by atoms with van der Waals surface area (Å²) in [5, 5.41) is 8.87. The zero-order chi connectivity index (χ0) is 15.2. The number of carbonyl (C=O) groups excluding carboxylic acids is 2. The van der Waals surface area contributed by atoms with Crippen molar-refractivity contribution in [3.05, 3.63) is 24.3 Å². The average Bonchev–Trinajstić information content (AvgIpc) is 2.47. The first-order valence-electron chi connectivity index (χ1n) is 7.19. The van der Waals surface area contributed by atoms with Crippen LogP contribution in [0.2, 0.25) is 0 Å². The van der Waals surface area contributed by atoms with E-state index < -0.39 is 0 Å². The number of piperazine rings is 1. The van der Waals surface area contributed by atoms with Gasteiger partial charge >= 0.3 is 0 Å². The van der Waals surface area contributed by atoms with Crippen LogP contribution in [0.15, 0.2) is 24.3 Å². The fraction of sp³-hybridized carbons (Fsp3) is 0.467. The van der Waals surface area contributed by atoms with Crippen molar-refractivity contribution in [3.8, 4) is 0 Å². The number of amides is 2. The Balaban J connectivity index is 1.96. The molecule has 1 heterocycles. The van der Waals surface area contributed by atoms with Crippen LogP contribution in [0.3, 0.4) is 0 Å². The van der Waals surface area contributed by atoms with Crippen LogP contribution in [0.1, 0.15) is 13.8 Å². The molecule has 0 aliphatic carbocycles. The highest BCUT2D eigenvalue weighted by atomic mass is 16.2. The number of benzene rings is 1. The molecule has 6 heteroatoms. The predicted octanol–water partition coefficient (Wildman–Crippen LogP) is 0.877. The molecule has 1 fully saturated rings. The third-order valence-corrected chi connectivity index (χ3v) is 3.53. The van der Waals surface area contributed by atoms with Crippen molar-refractivity contribution in [2.75, 3.05) is 36.8 Å². The Morgan fingerprint density at radius 3 is 2.43 bits per heavy atom. The molecule has 6 nitrogen and oxygen atoms in total. The highest BCUT2D eigenvalue weighted by molar-refractivity contribution is 5.96. The molecule has 0 radical (unpaired) electrons. The van der Waals surface area contributed by atoms with E-state index in [-0.39, 0.29) is 17.9 Å². The van der Waals surface area contributed by atoms with Crippen molar-refractivity contribution in [2.24, 2.45) is 0 Å². The van der Waals surface area contributed by atoms with Crippen LogP contribution in [0.4, 0.5) is 11.4 Å². The lowest BCUT2D eigenvalue weighted by atomic mass is 10.2. The highest BCUT2D eigenvalue weighted by Crippen LogP contribution is 2.16. The summed E-state index contributed by atoms with van der Waals surface area (Å²) in [5.74, 6) is -0.162. The lowest BCUT2D eigenvalue weighted by Crippen LogP contribution is -2.51. The van der Waals surface area contributed by atoms with Crippen molar-refractivity contribution in [1.82, 2.24) is 10.2 Å². The third-order valence-electron chi connectivity index (χ3n) is 3.53. The van der Waals surface area contributed by atoms with Crippen molar-refractivity contribution >= 4 is 23.2 Å². The first kappa shape index (κ1) is 15.5. The maximum Gasteiger partial charge on any atom is 0.241 e. The third kappa shape index (κ3) is 4.54. The summed E-state index contributed by atoms with van der Waals surface area (Å²) >= 11 is 0. The number of nitrogens with one attached hydrogen (secondary N) is 3. The molecule has 1 saturated heterocycles. The maximum atomic E-state index is 12.3. The van der Waals surface area contributed by atoms with Crippen LogP contribution in [0.5, 0.6) is 0 Å². The molecule has 1 atom stereocenters. The fourth-order valence-corrected chi connectivity index (χ4v) is 2.36. The Morgan fingerprint density at radius 2 is 1.81 bits per heavy atom. The zero-order valence-electron chi connectivity index (χ0n) is 12.5. The molecule has 1 unspecified atom stereocenters. The zero-order valence-corrected chi connectivity index (χ0v) is 12.5. The molecule has 0 aromatic heterocycles. The molecular weight excluding hydrogens is 268 g/mol. The lowest BCUT2D eigenvalue weighted by molar-refractivity contribution is -0.121. The Bertz CT molecular complexity index is 512. The summed E-state index contributed by atoms with van der Waals surface area (Å²) in [6, 6.07) is 6.99. The number of nitrogens with zero attached hydrogens (tertiary/aromatic N) is 1. The van der Waals surface area contributed by atoms with Gasteiger partial charge in [-0.2, -0.15) is 0 Å². The summed E-state index contributed by atoms with van der Waals surface area (Å²) in [6.45, 7) is 6.95. The summed E-state index contributed by atoms with van der Waals surface area (Å²) < 4.78 is 0. The quantitative estimate of drug-likeness (QED) is 0.769. The number of hydrogen-bond donors (Lipinski definition) is 3. The monoisotopic (exact) mass is 290 g/mol.